The van der Waals surface area contributed by atoms with E-state index in [9.17, 15) is 0 Å². The molecule has 0 amide bonds. The van der Waals surface area contributed by atoms with Crippen molar-refractivity contribution in [1.82, 2.24) is 0 Å². The summed E-state index contributed by atoms with van der Waals surface area (Å²) in [4.78, 5) is 2.31. The Balaban J connectivity index is 1.93. The second-order valence-corrected chi connectivity index (χ2v) is 6.37. The van der Waals surface area contributed by atoms with Gasteiger partial charge in [-0.15, -0.1) is 0 Å². The summed E-state index contributed by atoms with van der Waals surface area (Å²) in [5.74, 6) is 0. The maximum absolute atomic E-state index is 8.93. The summed E-state index contributed by atoms with van der Waals surface area (Å²) in [7, 11) is 0. The number of halogens is 1. The summed E-state index contributed by atoms with van der Waals surface area (Å²) >= 11 is 5.12. The van der Waals surface area contributed by atoms with Crippen molar-refractivity contribution in [3.8, 4) is 6.07 Å². The average molecular weight is 340 g/mol. The highest BCUT2D eigenvalue weighted by atomic mass is 79.9. The van der Waals surface area contributed by atoms with Gasteiger partial charge >= 0.3 is 0 Å². The maximum atomic E-state index is 8.93. The molecule has 0 saturated carbocycles. The number of nitrogens with zero attached hydrogens (tertiary/aromatic N) is 1. The molecule has 1 nitrogen and oxygen atoms in total. The van der Waals surface area contributed by atoms with Gasteiger partial charge in [0.25, 0.3) is 0 Å². The molecule has 0 unspecified atom stereocenters. The maximum Gasteiger partial charge on any atom is 0.100 e. The summed E-state index contributed by atoms with van der Waals surface area (Å²) in [6.07, 6.45) is 0. The standard InChI is InChI=1S/C17H10BrNS/c18-17-10-16(8-6-14(17)11-19)20-15-7-5-12-3-1-2-4-13(12)9-15/h1-10H. The Morgan fingerprint density at radius 2 is 1.55 bits per heavy atom. The van der Waals surface area contributed by atoms with Gasteiger partial charge in [-0.05, 0) is 57.0 Å². The number of rotatable bonds is 2. The molecule has 0 aromatic heterocycles. The number of hydrogen-bond donors (Lipinski definition) is 0. The topological polar surface area (TPSA) is 23.8 Å². The first-order valence-electron chi connectivity index (χ1n) is 6.12. The second kappa shape index (κ2) is 5.70. The quantitative estimate of drug-likeness (QED) is 0.604. The Labute approximate surface area is 130 Å². The number of nitriles is 1. The molecule has 0 saturated heterocycles. The zero-order chi connectivity index (χ0) is 13.9. The van der Waals surface area contributed by atoms with E-state index < -0.39 is 0 Å². The molecular weight excluding hydrogens is 330 g/mol. The van der Waals surface area contributed by atoms with Crippen LogP contribution in [-0.4, -0.2) is 0 Å². The van der Waals surface area contributed by atoms with Gasteiger partial charge in [0, 0.05) is 14.3 Å². The molecule has 0 radical (unpaired) electrons. The van der Waals surface area contributed by atoms with Crippen LogP contribution in [0.3, 0.4) is 0 Å². The molecule has 0 heterocycles. The van der Waals surface area contributed by atoms with Crippen LogP contribution in [0.5, 0.6) is 0 Å². The fraction of sp³-hybridized carbons (Fsp3) is 0. The molecule has 3 aromatic rings. The van der Waals surface area contributed by atoms with E-state index in [0.717, 1.165) is 9.37 Å². The molecule has 0 fully saturated rings. The van der Waals surface area contributed by atoms with E-state index in [1.54, 1.807) is 11.8 Å². The Kier molecular flexibility index (Phi) is 3.77. The summed E-state index contributed by atoms with van der Waals surface area (Å²) in [6.45, 7) is 0. The van der Waals surface area contributed by atoms with Crippen LogP contribution < -0.4 is 0 Å². The molecule has 3 aromatic carbocycles. The van der Waals surface area contributed by atoms with Crippen LogP contribution in [0.1, 0.15) is 5.56 Å². The SMILES string of the molecule is N#Cc1ccc(Sc2ccc3ccccc3c2)cc1Br. The molecule has 96 valence electrons. The molecular formula is C17H10BrNS. The third kappa shape index (κ3) is 2.72. The average Bonchev–Trinajstić information content (AvgIpc) is 2.47. The summed E-state index contributed by atoms with van der Waals surface area (Å²) in [5, 5.41) is 11.4. The van der Waals surface area contributed by atoms with Gasteiger partial charge in [-0.2, -0.15) is 5.26 Å². The monoisotopic (exact) mass is 339 g/mol. The molecule has 20 heavy (non-hydrogen) atoms. The van der Waals surface area contributed by atoms with Gasteiger partial charge < -0.3 is 0 Å². The van der Waals surface area contributed by atoms with Gasteiger partial charge in [0.15, 0.2) is 0 Å². The lowest BCUT2D eigenvalue weighted by Gasteiger charge is -2.05. The molecule has 0 bridgehead atoms. The van der Waals surface area contributed by atoms with E-state index in [-0.39, 0.29) is 0 Å². The summed E-state index contributed by atoms with van der Waals surface area (Å²) in [5.41, 5.74) is 0.660. The largest absolute Gasteiger partial charge is 0.192 e. The van der Waals surface area contributed by atoms with E-state index >= 15 is 0 Å². The highest BCUT2D eigenvalue weighted by Gasteiger charge is 2.03. The molecule has 0 spiro atoms. The highest BCUT2D eigenvalue weighted by molar-refractivity contribution is 9.10. The molecule has 0 aliphatic heterocycles. The number of benzene rings is 3. The third-order valence-electron chi connectivity index (χ3n) is 3.02. The predicted molar refractivity (Wildman–Crippen MR) is 86.9 cm³/mol. The van der Waals surface area contributed by atoms with Crippen molar-refractivity contribution in [1.29, 1.82) is 5.26 Å². The van der Waals surface area contributed by atoms with E-state index in [1.165, 1.54) is 15.7 Å². The van der Waals surface area contributed by atoms with Crippen LogP contribution in [0.4, 0.5) is 0 Å². The smallest absolute Gasteiger partial charge is 0.100 e. The first-order valence-corrected chi connectivity index (χ1v) is 7.73. The molecule has 0 atom stereocenters. The molecule has 0 aliphatic rings. The van der Waals surface area contributed by atoms with Gasteiger partial charge in [0.1, 0.15) is 6.07 Å². The summed E-state index contributed by atoms with van der Waals surface area (Å²) in [6, 6.07) is 22.7. The molecule has 0 N–H and O–H groups in total. The van der Waals surface area contributed by atoms with Crippen LogP contribution in [0.15, 0.2) is 74.9 Å². The Bertz CT molecular complexity index is 821. The predicted octanol–water partition coefficient (Wildman–Crippen LogP) is 5.63. The minimum atomic E-state index is 0.660. The van der Waals surface area contributed by atoms with Crippen molar-refractivity contribution >= 4 is 38.5 Å². The van der Waals surface area contributed by atoms with E-state index in [4.69, 9.17) is 5.26 Å². The zero-order valence-corrected chi connectivity index (χ0v) is 12.9. The van der Waals surface area contributed by atoms with Crippen LogP contribution in [-0.2, 0) is 0 Å². The van der Waals surface area contributed by atoms with Crippen molar-refractivity contribution in [2.75, 3.05) is 0 Å². The number of fused-ring (bicyclic) bond motifs is 1. The first-order chi connectivity index (χ1) is 9.76. The van der Waals surface area contributed by atoms with Crippen LogP contribution >= 0.6 is 27.7 Å². The van der Waals surface area contributed by atoms with E-state index in [2.05, 4.69) is 58.4 Å². The fourth-order valence-electron chi connectivity index (χ4n) is 2.02. The minimum absolute atomic E-state index is 0.660. The van der Waals surface area contributed by atoms with Gasteiger partial charge in [-0.1, -0.05) is 42.1 Å². The molecule has 0 aliphatic carbocycles. The van der Waals surface area contributed by atoms with Gasteiger partial charge in [-0.25, -0.2) is 0 Å². The second-order valence-electron chi connectivity index (χ2n) is 4.36. The fourth-order valence-corrected chi connectivity index (χ4v) is 3.54. The molecule has 3 heteroatoms. The van der Waals surface area contributed by atoms with E-state index in [1.807, 2.05) is 24.3 Å². The van der Waals surface area contributed by atoms with Crippen molar-refractivity contribution in [3.05, 3.63) is 70.7 Å². The van der Waals surface area contributed by atoms with Crippen LogP contribution in [0, 0.1) is 11.3 Å². The van der Waals surface area contributed by atoms with Crippen molar-refractivity contribution < 1.29 is 0 Å². The van der Waals surface area contributed by atoms with Crippen molar-refractivity contribution in [2.45, 2.75) is 9.79 Å². The minimum Gasteiger partial charge on any atom is -0.192 e. The summed E-state index contributed by atoms with van der Waals surface area (Å²) < 4.78 is 0.839. The lowest BCUT2D eigenvalue weighted by molar-refractivity contribution is 1.37. The Morgan fingerprint density at radius 3 is 2.30 bits per heavy atom. The Morgan fingerprint density at radius 1 is 0.850 bits per heavy atom. The zero-order valence-electron chi connectivity index (χ0n) is 10.5. The van der Waals surface area contributed by atoms with Gasteiger partial charge in [0.05, 0.1) is 5.56 Å². The van der Waals surface area contributed by atoms with Crippen molar-refractivity contribution in [2.24, 2.45) is 0 Å². The Hall–Kier alpha value is -1.76. The normalized spacial score (nSPS) is 10.4. The van der Waals surface area contributed by atoms with Crippen molar-refractivity contribution in [3.63, 3.8) is 0 Å². The van der Waals surface area contributed by atoms with E-state index in [0.29, 0.717) is 5.56 Å². The van der Waals surface area contributed by atoms with Crippen LogP contribution in [0.25, 0.3) is 10.8 Å². The third-order valence-corrected chi connectivity index (χ3v) is 4.65. The van der Waals surface area contributed by atoms with Crippen LogP contribution in [0.2, 0.25) is 0 Å². The first kappa shape index (κ1) is 13.2. The number of hydrogen-bond acceptors (Lipinski definition) is 2. The lowest BCUT2D eigenvalue weighted by atomic mass is 10.1. The molecule has 3 rings (SSSR count). The van der Waals surface area contributed by atoms with Gasteiger partial charge in [-0.3, -0.25) is 0 Å². The highest BCUT2D eigenvalue weighted by Crippen LogP contribution is 2.32. The van der Waals surface area contributed by atoms with Gasteiger partial charge in [0.2, 0.25) is 0 Å². The lowest BCUT2D eigenvalue weighted by Crippen LogP contribution is -1.80.